The molecule has 0 bridgehead atoms. The van der Waals surface area contributed by atoms with Crippen molar-refractivity contribution in [1.29, 1.82) is 0 Å². The largest absolute Gasteiger partial charge is 0.378 e. The van der Waals surface area contributed by atoms with Gasteiger partial charge in [-0.2, -0.15) is 0 Å². The number of hydrogen-bond acceptors (Lipinski definition) is 2. The van der Waals surface area contributed by atoms with E-state index in [4.69, 9.17) is 10.5 Å². The van der Waals surface area contributed by atoms with E-state index < -0.39 is 0 Å². The molecule has 0 aromatic heterocycles. The van der Waals surface area contributed by atoms with Crippen LogP contribution in [0, 0.1) is 5.41 Å². The maximum absolute atomic E-state index is 5.57. The van der Waals surface area contributed by atoms with Crippen LogP contribution in [0.15, 0.2) is 0 Å². The summed E-state index contributed by atoms with van der Waals surface area (Å²) >= 11 is 0. The molecule has 0 aromatic rings. The predicted molar refractivity (Wildman–Crippen MR) is 46.4 cm³/mol. The van der Waals surface area contributed by atoms with Gasteiger partial charge < -0.3 is 10.5 Å². The standard InChI is InChI=1S/C9H19NO/c1-8(2)11-7-9(3-4-9)5-6-10/h8H,3-7,10H2,1-2H3. The molecule has 1 fully saturated rings. The Bertz CT molecular complexity index is 119. The highest BCUT2D eigenvalue weighted by atomic mass is 16.5. The zero-order valence-corrected chi connectivity index (χ0v) is 7.60. The molecule has 1 aliphatic carbocycles. The van der Waals surface area contributed by atoms with E-state index in [0.29, 0.717) is 11.5 Å². The average Bonchev–Trinajstić information content (AvgIpc) is 2.67. The topological polar surface area (TPSA) is 35.2 Å². The Hall–Kier alpha value is -0.0800. The smallest absolute Gasteiger partial charge is 0.0526 e. The molecule has 1 aliphatic rings. The Morgan fingerprint density at radius 2 is 2.09 bits per heavy atom. The molecule has 2 N–H and O–H groups in total. The van der Waals surface area contributed by atoms with Crippen LogP contribution >= 0.6 is 0 Å². The molecule has 66 valence electrons. The lowest BCUT2D eigenvalue weighted by Crippen LogP contribution is -2.18. The van der Waals surface area contributed by atoms with Gasteiger partial charge in [0.25, 0.3) is 0 Å². The molecule has 0 unspecified atom stereocenters. The second-order valence-corrected chi connectivity index (χ2v) is 3.90. The van der Waals surface area contributed by atoms with Crippen molar-refractivity contribution in [2.75, 3.05) is 13.2 Å². The Morgan fingerprint density at radius 1 is 1.45 bits per heavy atom. The molecule has 1 rings (SSSR count). The molecule has 0 saturated heterocycles. The first-order chi connectivity index (χ1) is 5.18. The average molecular weight is 157 g/mol. The molecule has 2 nitrogen and oxygen atoms in total. The zero-order valence-electron chi connectivity index (χ0n) is 7.60. The first-order valence-corrected chi connectivity index (χ1v) is 4.50. The van der Waals surface area contributed by atoms with Crippen LogP contribution in [-0.2, 0) is 4.74 Å². The van der Waals surface area contributed by atoms with Crippen LogP contribution in [0.1, 0.15) is 33.1 Å². The summed E-state index contributed by atoms with van der Waals surface area (Å²) in [6.07, 6.45) is 4.14. The lowest BCUT2D eigenvalue weighted by molar-refractivity contribution is 0.0417. The van der Waals surface area contributed by atoms with E-state index in [0.717, 1.165) is 19.6 Å². The minimum atomic E-state index is 0.366. The van der Waals surface area contributed by atoms with Crippen LogP contribution in [-0.4, -0.2) is 19.3 Å². The minimum Gasteiger partial charge on any atom is -0.378 e. The molecular formula is C9H19NO. The molecule has 11 heavy (non-hydrogen) atoms. The molecule has 0 spiro atoms. The fraction of sp³-hybridized carbons (Fsp3) is 1.00. The quantitative estimate of drug-likeness (QED) is 0.657. The Balaban J connectivity index is 2.14. The summed E-state index contributed by atoms with van der Waals surface area (Å²) in [5, 5.41) is 0. The number of hydrogen-bond donors (Lipinski definition) is 1. The van der Waals surface area contributed by atoms with Gasteiger partial charge >= 0.3 is 0 Å². The highest BCUT2D eigenvalue weighted by Crippen LogP contribution is 2.48. The zero-order chi connectivity index (χ0) is 8.32. The highest BCUT2D eigenvalue weighted by molar-refractivity contribution is 4.93. The third kappa shape index (κ3) is 2.80. The predicted octanol–water partition coefficient (Wildman–Crippen LogP) is 1.54. The van der Waals surface area contributed by atoms with E-state index >= 15 is 0 Å². The summed E-state index contributed by atoms with van der Waals surface area (Å²) in [6.45, 7) is 5.89. The van der Waals surface area contributed by atoms with Gasteiger partial charge in [0.15, 0.2) is 0 Å². The van der Waals surface area contributed by atoms with Gasteiger partial charge in [-0.05, 0) is 45.1 Å². The first kappa shape index (κ1) is 9.01. The summed E-state index contributed by atoms with van der Waals surface area (Å²) in [5.74, 6) is 0. The van der Waals surface area contributed by atoms with E-state index in [1.165, 1.54) is 12.8 Å². The highest BCUT2D eigenvalue weighted by Gasteiger charge is 2.41. The second-order valence-electron chi connectivity index (χ2n) is 3.90. The van der Waals surface area contributed by atoms with Gasteiger partial charge in [-0.3, -0.25) is 0 Å². The van der Waals surface area contributed by atoms with Gasteiger partial charge in [0.2, 0.25) is 0 Å². The van der Waals surface area contributed by atoms with Crippen molar-refractivity contribution >= 4 is 0 Å². The normalized spacial score (nSPS) is 20.7. The fourth-order valence-corrected chi connectivity index (χ4v) is 1.29. The van der Waals surface area contributed by atoms with Gasteiger partial charge in [0, 0.05) is 0 Å². The van der Waals surface area contributed by atoms with E-state index in [9.17, 15) is 0 Å². The minimum absolute atomic E-state index is 0.366. The van der Waals surface area contributed by atoms with E-state index in [1.807, 2.05) is 0 Å². The summed E-state index contributed by atoms with van der Waals surface area (Å²) in [7, 11) is 0. The summed E-state index contributed by atoms with van der Waals surface area (Å²) < 4.78 is 5.57. The number of rotatable bonds is 5. The van der Waals surface area contributed by atoms with Crippen molar-refractivity contribution in [2.45, 2.75) is 39.2 Å². The van der Waals surface area contributed by atoms with Gasteiger partial charge in [-0.1, -0.05) is 0 Å². The van der Waals surface area contributed by atoms with E-state index in [1.54, 1.807) is 0 Å². The van der Waals surface area contributed by atoms with Crippen molar-refractivity contribution < 1.29 is 4.74 Å². The van der Waals surface area contributed by atoms with Gasteiger partial charge in [0.05, 0.1) is 12.7 Å². The van der Waals surface area contributed by atoms with Crippen LogP contribution in [0.5, 0.6) is 0 Å². The molecular weight excluding hydrogens is 138 g/mol. The maximum atomic E-state index is 5.57. The molecule has 0 atom stereocenters. The fourth-order valence-electron chi connectivity index (χ4n) is 1.29. The van der Waals surface area contributed by atoms with E-state index in [-0.39, 0.29) is 0 Å². The maximum Gasteiger partial charge on any atom is 0.0526 e. The Labute approximate surface area is 69.1 Å². The van der Waals surface area contributed by atoms with Crippen molar-refractivity contribution in [3.05, 3.63) is 0 Å². The summed E-state index contributed by atoms with van der Waals surface area (Å²) in [6, 6.07) is 0. The van der Waals surface area contributed by atoms with Gasteiger partial charge in [-0.15, -0.1) is 0 Å². The molecule has 0 radical (unpaired) electrons. The van der Waals surface area contributed by atoms with Crippen LogP contribution in [0.3, 0.4) is 0 Å². The third-order valence-electron chi connectivity index (χ3n) is 2.35. The summed E-state index contributed by atoms with van der Waals surface area (Å²) in [4.78, 5) is 0. The summed E-state index contributed by atoms with van der Waals surface area (Å²) in [5.41, 5.74) is 5.99. The molecule has 0 aliphatic heterocycles. The third-order valence-corrected chi connectivity index (χ3v) is 2.35. The lowest BCUT2D eigenvalue weighted by atomic mass is 10.0. The number of ether oxygens (including phenoxy) is 1. The number of nitrogens with two attached hydrogens (primary N) is 1. The molecule has 1 saturated carbocycles. The van der Waals surface area contributed by atoms with Gasteiger partial charge in [-0.25, -0.2) is 0 Å². The van der Waals surface area contributed by atoms with Gasteiger partial charge in [0.1, 0.15) is 0 Å². The monoisotopic (exact) mass is 157 g/mol. The molecule has 2 heteroatoms. The van der Waals surface area contributed by atoms with Crippen LogP contribution in [0.2, 0.25) is 0 Å². The van der Waals surface area contributed by atoms with E-state index in [2.05, 4.69) is 13.8 Å². The molecule has 0 amide bonds. The van der Waals surface area contributed by atoms with Crippen LogP contribution in [0.4, 0.5) is 0 Å². The van der Waals surface area contributed by atoms with Crippen molar-refractivity contribution in [2.24, 2.45) is 11.1 Å². The lowest BCUT2D eigenvalue weighted by Gasteiger charge is -2.15. The molecule has 0 aromatic carbocycles. The van der Waals surface area contributed by atoms with Crippen molar-refractivity contribution in [3.63, 3.8) is 0 Å². The van der Waals surface area contributed by atoms with Crippen LogP contribution in [0.25, 0.3) is 0 Å². The van der Waals surface area contributed by atoms with Crippen LogP contribution < -0.4 is 5.73 Å². The Morgan fingerprint density at radius 3 is 2.45 bits per heavy atom. The second kappa shape index (κ2) is 3.55. The first-order valence-electron chi connectivity index (χ1n) is 4.50. The Kier molecular flexibility index (Phi) is 2.90. The van der Waals surface area contributed by atoms with Crippen molar-refractivity contribution in [1.82, 2.24) is 0 Å². The molecule has 0 heterocycles. The SMILES string of the molecule is CC(C)OCC1(CCN)CC1. The van der Waals surface area contributed by atoms with Crippen molar-refractivity contribution in [3.8, 4) is 0 Å².